The van der Waals surface area contributed by atoms with Crippen LogP contribution < -0.4 is 0 Å². The van der Waals surface area contributed by atoms with E-state index in [1.807, 2.05) is 18.4 Å². The summed E-state index contributed by atoms with van der Waals surface area (Å²) in [5.74, 6) is -1.89. The number of carbonyl (C=O) groups is 2. The van der Waals surface area contributed by atoms with Crippen LogP contribution in [-0.4, -0.2) is 27.7 Å². The van der Waals surface area contributed by atoms with Gasteiger partial charge in [-0.1, -0.05) is 12.8 Å². The number of nitrogens with zero attached hydrogens (tertiary/aromatic N) is 1. The average molecular weight is 385 g/mol. The second-order valence-electron chi connectivity index (χ2n) is 7.12. The van der Waals surface area contributed by atoms with Crippen LogP contribution >= 0.6 is 11.3 Å². The van der Waals surface area contributed by atoms with Crippen LogP contribution in [0.1, 0.15) is 47.7 Å². The molecule has 1 unspecified atom stereocenters. The van der Waals surface area contributed by atoms with E-state index in [2.05, 4.69) is 0 Å². The van der Waals surface area contributed by atoms with Crippen LogP contribution in [0.25, 0.3) is 5.76 Å². The molecule has 2 heterocycles. The Morgan fingerprint density at radius 1 is 1.15 bits per heavy atom. The predicted octanol–water partition coefficient (Wildman–Crippen LogP) is 4.56. The highest BCUT2D eigenvalue weighted by Gasteiger charge is 2.49. The molecule has 1 atom stereocenters. The van der Waals surface area contributed by atoms with Gasteiger partial charge in [0.15, 0.2) is 0 Å². The van der Waals surface area contributed by atoms with Gasteiger partial charge in [-0.2, -0.15) is 0 Å². The largest absolute Gasteiger partial charge is 0.507 e. The van der Waals surface area contributed by atoms with E-state index in [4.69, 9.17) is 0 Å². The van der Waals surface area contributed by atoms with Gasteiger partial charge in [0.25, 0.3) is 11.7 Å². The number of aliphatic hydroxyl groups excluding tert-OH is 1. The summed E-state index contributed by atoms with van der Waals surface area (Å²) in [6.45, 7) is 1.94. The first-order valence-corrected chi connectivity index (χ1v) is 9.97. The molecule has 6 heteroatoms. The van der Waals surface area contributed by atoms with Gasteiger partial charge in [0.2, 0.25) is 0 Å². The summed E-state index contributed by atoms with van der Waals surface area (Å²) in [5, 5.41) is 12.8. The van der Waals surface area contributed by atoms with Crippen LogP contribution in [0.15, 0.2) is 41.3 Å². The zero-order valence-corrected chi connectivity index (χ0v) is 15.8. The molecule has 1 saturated carbocycles. The molecule has 0 radical (unpaired) electrons. The van der Waals surface area contributed by atoms with Crippen LogP contribution in [-0.2, 0) is 9.59 Å². The number of likely N-dealkylation sites (tertiary alicyclic amines) is 1. The first-order valence-electron chi connectivity index (χ1n) is 9.09. The summed E-state index contributed by atoms with van der Waals surface area (Å²) < 4.78 is 13.3. The maximum Gasteiger partial charge on any atom is 0.295 e. The number of rotatable bonds is 3. The van der Waals surface area contributed by atoms with Gasteiger partial charge in [-0.05, 0) is 61.0 Å². The van der Waals surface area contributed by atoms with Gasteiger partial charge in [0.1, 0.15) is 17.6 Å². The third kappa shape index (κ3) is 2.98. The minimum absolute atomic E-state index is 0.00599. The maximum atomic E-state index is 13.3. The fraction of sp³-hybridized carbons (Fsp3) is 0.333. The fourth-order valence-corrected chi connectivity index (χ4v) is 5.13. The van der Waals surface area contributed by atoms with Crippen LogP contribution in [0.2, 0.25) is 0 Å². The standard InChI is InChI=1S/C21H20FNO3S/c1-12-10-11-27-20(12)17-16(18(24)13-6-8-14(22)9-7-13)19(25)21(26)23(17)15-4-2-3-5-15/h6-11,15,17,24H,2-5H2,1H3/b18-16-. The third-order valence-corrected chi connectivity index (χ3v) is 6.54. The Kier molecular flexibility index (Phi) is 4.60. The van der Waals surface area contributed by atoms with Crippen molar-refractivity contribution in [3.63, 3.8) is 0 Å². The normalized spacial score (nSPS) is 22.7. The second kappa shape index (κ2) is 6.93. The Bertz CT molecular complexity index is 925. The lowest BCUT2D eigenvalue weighted by Gasteiger charge is -2.30. The Balaban J connectivity index is 1.89. The van der Waals surface area contributed by atoms with Crippen molar-refractivity contribution in [2.45, 2.75) is 44.7 Å². The predicted molar refractivity (Wildman–Crippen MR) is 102 cm³/mol. The summed E-state index contributed by atoms with van der Waals surface area (Å²) in [4.78, 5) is 28.3. The van der Waals surface area contributed by atoms with Gasteiger partial charge in [0, 0.05) is 16.5 Å². The topological polar surface area (TPSA) is 57.6 Å². The van der Waals surface area contributed by atoms with Gasteiger partial charge in [0.05, 0.1) is 5.57 Å². The number of thiophene rings is 1. The van der Waals surface area contributed by atoms with E-state index < -0.39 is 23.5 Å². The monoisotopic (exact) mass is 385 g/mol. The molecule has 4 rings (SSSR count). The minimum atomic E-state index is -0.665. The van der Waals surface area contributed by atoms with Crippen molar-refractivity contribution in [3.8, 4) is 0 Å². The van der Waals surface area contributed by atoms with E-state index in [0.29, 0.717) is 5.56 Å². The number of benzene rings is 1. The lowest BCUT2D eigenvalue weighted by atomic mass is 9.98. The number of hydrogen-bond acceptors (Lipinski definition) is 4. The zero-order chi connectivity index (χ0) is 19.1. The number of Topliss-reactive ketones (excluding diaryl/α,β-unsaturated/α-hetero) is 1. The first-order chi connectivity index (χ1) is 13.0. The summed E-state index contributed by atoms with van der Waals surface area (Å²) >= 11 is 1.48. The van der Waals surface area contributed by atoms with Gasteiger partial charge in [-0.15, -0.1) is 11.3 Å². The quantitative estimate of drug-likeness (QED) is 0.479. The summed E-state index contributed by atoms with van der Waals surface area (Å²) in [5.41, 5.74) is 1.42. The van der Waals surface area contributed by atoms with Crippen molar-refractivity contribution < 1.29 is 19.1 Å². The second-order valence-corrected chi connectivity index (χ2v) is 8.07. The SMILES string of the molecule is Cc1ccsc1C1/C(=C(/O)c2ccc(F)cc2)C(=O)C(=O)N1C1CCCC1. The van der Waals surface area contributed by atoms with Gasteiger partial charge in [-0.25, -0.2) is 4.39 Å². The molecule has 2 fully saturated rings. The van der Waals surface area contributed by atoms with E-state index in [1.165, 1.54) is 35.6 Å². The van der Waals surface area contributed by atoms with Crippen LogP contribution in [0.3, 0.4) is 0 Å². The lowest BCUT2D eigenvalue weighted by Crippen LogP contribution is -2.37. The van der Waals surface area contributed by atoms with E-state index in [-0.39, 0.29) is 17.4 Å². The lowest BCUT2D eigenvalue weighted by molar-refractivity contribution is -0.141. The molecule has 1 aliphatic heterocycles. The maximum absolute atomic E-state index is 13.3. The molecule has 2 aliphatic rings. The molecule has 0 spiro atoms. The molecule has 1 saturated heterocycles. The highest BCUT2D eigenvalue weighted by atomic mass is 32.1. The first kappa shape index (κ1) is 17.9. The number of aliphatic hydroxyl groups is 1. The van der Waals surface area contributed by atoms with Crippen molar-refractivity contribution >= 4 is 28.8 Å². The van der Waals surface area contributed by atoms with Crippen molar-refractivity contribution in [1.29, 1.82) is 0 Å². The summed E-state index contributed by atoms with van der Waals surface area (Å²) in [6, 6.07) is 6.68. The van der Waals surface area contributed by atoms with Gasteiger partial charge >= 0.3 is 0 Å². The molecule has 1 N–H and O–H groups in total. The summed E-state index contributed by atoms with van der Waals surface area (Å²) in [7, 11) is 0. The molecule has 4 nitrogen and oxygen atoms in total. The van der Waals surface area contributed by atoms with E-state index >= 15 is 0 Å². The van der Waals surface area contributed by atoms with E-state index in [1.54, 1.807) is 4.90 Å². The van der Waals surface area contributed by atoms with E-state index in [9.17, 15) is 19.1 Å². The molecular formula is C21H20FNO3S. The van der Waals surface area contributed by atoms with E-state index in [0.717, 1.165) is 36.1 Å². The molecule has 0 bridgehead atoms. The molecule has 27 heavy (non-hydrogen) atoms. The third-order valence-electron chi connectivity index (χ3n) is 5.47. The number of halogens is 1. The van der Waals surface area contributed by atoms with Crippen molar-refractivity contribution in [1.82, 2.24) is 4.90 Å². The number of carbonyl (C=O) groups excluding carboxylic acids is 2. The molecular weight excluding hydrogens is 365 g/mol. The van der Waals surface area contributed by atoms with Gasteiger partial charge < -0.3 is 10.0 Å². The fourth-order valence-electron chi connectivity index (χ4n) is 4.09. The van der Waals surface area contributed by atoms with Crippen LogP contribution in [0.4, 0.5) is 4.39 Å². The number of hydrogen-bond donors (Lipinski definition) is 1. The Hall–Kier alpha value is -2.47. The highest BCUT2D eigenvalue weighted by Crippen LogP contribution is 2.45. The molecule has 1 aromatic heterocycles. The van der Waals surface area contributed by atoms with Crippen molar-refractivity contribution in [2.75, 3.05) is 0 Å². The van der Waals surface area contributed by atoms with Crippen molar-refractivity contribution in [2.24, 2.45) is 0 Å². The molecule has 2 aromatic rings. The Morgan fingerprint density at radius 3 is 2.41 bits per heavy atom. The smallest absolute Gasteiger partial charge is 0.295 e. The number of amides is 1. The number of aryl methyl sites for hydroxylation is 1. The highest BCUT2D eigenvalue weighted by molar-refractivity contribution is 7.10. The number of ketones is 1. The Morgan fingerprint density at radius 2 is 1.81 bits per heavy atom. The average Bonchev–Trinajstić information content (AvgIpc) is 3.37. The summed E-state index contributed by atoms with van der Waals surface area (Å²) in [6.07, 6.45) is 3.79. The molecule has 1 amide bonds. The zero-order valence-electron chi connectivity index (χ0n) is 14.9. The molecule has 1 aromatic carbocycles. The molecule has 140 valence electrons. The molecule has 1 aliphatic carbocycles. The van der Waals surface area contributed by atoms with Crippen LogP contribution in [0, 0.1) is 12.7 Å². The van der Waals surface area contributed by atoms with Gasteiger partial charge in [-0.3, -0.25) is 9.59 Å². The van der Waals surface area contributed by atoms with Crippen LogP contribution in [0.5, 0.6) is 0 Å². The Labute approximate surface area is 160 Å². The minimum Gasteiger partial charge on any atom is -0.507 e. The van der Waals surface area contributed by atoms with Crippen molar-refractivity contribution in [3.05, 3.63) is 63.1 Å².